The molecule has 2 unspecified atom stereocenters. The van der Waals surface area contributed by atoms with E-state index in [0.717, 1.165) is 17.7 Å². The predicted molar refractivity (Wildman–Crippen MR) is 84.0 cm³/mol. The van der Waals surface area contributed by atoms with Gasteiger partial charge in [0.2, 0.25) is 0 Å². The van der Waals surface area contributed by atoms with Gasteiger partial charge in [-0.25, -0.2) is 4.39 Å². The number of rotatable bonds is 6. The topological polar surface area (TPSA) is 21.3 Å². The molecule has 2 rings (SSSR count). The molecule has 3 heteroatoms. The molecule has 0 saturated carbocycles. The molecule has 2 aromatic carbocycles. The second-order valence-corrected chi connectivity index (χ2v) is 5.17. The van der Waals surface area contributed by atoms with E-state index in [0.29, 0.717) is 0 Å². The van der Waals surface area contributed by atoms with Gasteiger partial charge in [-0.05, 0) is 48.7 Å². The summed E-state index contributed by atoms with van der Waals surface area (Å²) in [7, 11) is 1.67. The SMILES string of the molecule is CCC(NC(C)c1ccc(F)cc1)c1ccc(OC)cc1. The lowest BCUT2D eigenvalue weighted by atomic mass is 10.0. The number of hydrogen-bond acceptors (Lipinski definition) is 2. The Hall–Kier alpha value is -1.87. The molecular weight excluding hydrogens is 265 g/mol. The number of methoxy groups -OCH3 is 1. The largest absolute Gasteiger partial charge is 0.497 e. The molecule has 0 radical (unpaired) electrons. The number of halogens is 1. The Bertz CT molecular complexity index is 550. The minimum atomic E-state index is -0.201. The first-order valence-electron chi connectivity index (χ1n) is 7.29. The summed E-state index contributed by atoms with van der Waals surface area (Å²) in [5.74, 6) is 0.660. The Kier molecular flexibility index (Phi) is 5.34. The molecule has 2 atom stereocenters. The number of nitrogens with one attached hydrogen (secondary N) is 1. The second kappa shape index (κ2) is 7.23. The fourth-order valence-corrected chi connectivity index (χ4v) is 2.44. The maximum atomic E-state index is 13.0. The summed E-state index contributed by atoms with van der Waals surface area (Å²) in [6.07, 6.45) is 0.984. The van der Waals surface area contributed by atoms with E-state index in [1.54, 1.807) is 7.11 Å². The molecular formula is C18H22FNO. The highest BCUT2D eigenvalue weighted by Gasteiger charge is 2.14. The van der Waals surface area contributed by atoms with E-state index >= 15 is 0 Å². The zero-order valence-corrected chi connectivity index (χ0v) is 12.8. The Balaban J connectivity index is 2.08. The van der Waals surface area contributed by atoms with Crippen molar-refractivity contribution in [3.05, 3.63) is 65.5 Å². The average Bonchev–Trinajstić information content (AvgIpc) is 2.53. The van der Waals surface area contributed by atoms with Crippen molar-refractivity contribution in [1.29, 1.82) is 0 Å². The first-order chi connectivity index (χ1) is 10.1. The monoisotopic (exact) mass is 287 g/mol. The normalized spacial score (nSPS) is 13.7. The zero-order chi connectivity index (χ0) is 15.2. The van der Waals surface area contributed by atoms with Crippen molar-refractivity contribution in [2.24, 2.45) is 0 Å². The van der Waals surface area contributed by atoms with Gasteiger partial charge in [0.25, 0.3) is 0 Å². The number of ether oxygens (including phenoxy) is 1. The van der Waals surface area contributed by atoms with Gasteiger partial charge in [-0.15, -0.1) is 0 Å². The van der Waals surface area contributed by atoms with E-state index in [1.807, 2.05) is 24.3 Å². The lowest BCUT2D eigenvalue weighted by Gasteiger charge is -2.23. The first-order valence-corrected chi connectivity index (χ1v) is 7.29. The van der Waals surface area contributed by atoms with Gasteiger partial charge in [-0.3, -0.25) is 0 Å². The number of benzene rings is 2. The van der Waals surface area contributed by atoms with Crippen LogP contribution < -0.4 is 10.1 Å². The summed E-state index contributed by atoms with van der Waals surface area (Å²) >= 11 is 0. The van der Waals surface area contributed by atoms with Crippen molar-refractivity contribution >= 4 is 0 Å². The van der Waals surface area contributed by atoms with Gasteiger partial charge in [-0.1, -0.05) is 31.2 Å². The molecule has 2 aromatic rings. The van der Waals surface area contributed by atoms with Crippen LogP contribution in [0.2, 0.25) is 0 Å². The third-order valence-electron chi connectivity index (χ3n) is 3.75. The van der Waals surface area contributed by atoms with Crippen molar-refractivity contribution in [2.45, 2.75) is 32.4 Å². The van der Waals surface area contributed by atoms with Crippen molar-refractivity contribution < 1.29 is 9.13 Å². The first kappa shape index (κ1) is 15.5. The molecule has 0 aliphatic heterocycles. The van der Waals surface area contributed by atoms with Crippen LogP contribution in [0.1, 0.15) is 43.5 Å². The summed E-state index contributed by atoms with van der Waals surface area (Å²) in [5, 5.41) is 3.59. The fourth-order valence-electron chi connectivity index (χ4n) is 2.44. The van der Waals surface area contributed by atoms with Crippen LogP contribution in [0.15, 0.2) is 48.5 Å². The molecule has 0 aliphatic carbocycles. The van der Waals surface area contributed by atoms with E-state index < -0.39 is 0 Å². The highest BCUT2D eigenvalue weighted by molar-refractivity contribution is 5.29. The quantitative estimate of drug-likeness (QED) is 0.836. The Morgan fingerprint density at radius 2 is 1.57 bits per heavy atom. The van der Waals surface area contributed by atoms with E-state index in [-0.39, 0.29) is 17.9 Å². The summed E-state index contributed by atoms with van der Waals surface area (Å²) in [6, 6.07) is 15.2. The highest BCUT2D eigenvalue weighted by Crippen LogP contribution is 2.24. The Morgan fingerprint density at radius 3 is 2.10 bits per heavy atom. The molecule has 0 aliphatic rings. The standard InChI is InChI=1S/C18H22FNO/c1-4-18(15-7-11-17(21-3)12-8-15)20-13(2)14-5-9-16(19)10-6-14/h5-13,18,20H,4H2,1-3H3. The molecule has 2 nitrogen and oxygen atoms in total. The third kappa shape index (κ3) is 4.05. The molecule has 0 aromatic heterocycles. The summed E-state index contributed by atoms with van der Waals surface area (Å²) in [5.41, 5.74) is 2.32. The van der Waals surface area contributed by atoms with E-state index in [9.17, 15) is 4.39 Å². The van der Waals surface area contributed by atoms with Crippen molar-refractivity contribution in [2.75, 3.05) is 7.11 Å². The summed E-state index contributed by atoms with van der Waals surface area (Å²) < 4.78 is 18.2. The summed E-state index contributed by atoms with van der Waals surface area (Å²) in [4.78, 5) is 0. The van der Waals surface area contributed by atoms with Crippen LogP contribution in [0.25, 0.3) is 0 Å². The summed E-state index contributed by atoms with van der Waals surface area (Å²) in [6.45, 7) is 4.25. The predicted octanol–water partition coefficient (Wildman–Crippen LogP) is 4.64. The minimum absolute atomic E-state index is 0.164. The van der Waals surface area contributed by atoms with Crippen LogP contribution in [0, 0.1) is 5.82 Å². The van der Waals surface area contributed by atoms with Crippen LogP contribution in [0.5, 0.6) is 5.75 Å². The molecule has 0 fully saturated rings. The second-order valence-electron chi connectivity index (χ2n) is 5.17. The molecule has 0 heterocycles. The van der Waals surface area contributed by atoms with Crippen molar-refractivity contribution in [3.63, 3.8) is 0 Å². The minimum Gasteiger partial charge on any atom is -0.497 e. The van der Waals surface area contributed by atoms with Crippen LogP contribution >= 0.6 is 0 Å². The fraction of sp³-hybridized carbons (Fsp3) is 0.333. The molecule has 112 valence electrons. The van der Waals surface area contributed by atoms with Gasteiger partial charge in [0.15, 0.2) is 0 Å². The smallest absolute Gasteiger partial charge is 0.123 e. The van der Waals surface area contributed by atoms with Gasteiger partial charge in [-0.2, -0.15) is 0 Å². The molecule has 1 N–H and O–H groups in total. The zero-order valence-electron chi connectivity index (χ0n) is 12.8. The third-order valence-corrected chi connectivity index (χ3v) is 3.75. The Morgan fingerprint density at radius 1 is 1.00 bits per heavy atom. The Labute approximate surface area is 126 Å². The van der Waals surface area contributed by atoms with Gasteiger partial charge in [0, 0.05) is 12.1 Å². The number of hydrogen-bond donors (Lipinski definition) is 1. The maximum Gasteiger partial charge on any atom is 0.123 e. The van der Waals surface area contributed by atoms with Crippen molar-refractivity contribution in [1.82, 2.24) is 5.32 Å². The molecule has 0 bridgehead atoms. The van der Waals surface area contributed by atoms with Crippen LogP contribution in [0.3, 0.4) is 0 Å². The molecule has 21 heavy (non-hydrogen) atoms. The highest BCUT2D eigenvalue weighted by atomic mass is 19.1. The molecule has 0 saturated heterocycles. The van der Waals surface area contributed by atoms with Crippen LogP contribution in [0.4, 0.5) is 4.39 Å². The van der Waals surface area contributed by atoms with Crippen molar-refractivity contribution in [3.8, 4) is 5.75 Å². The van der Waals surface area contributed by atoms with Gasteiger partial charge >= 0.3 is 0 Å². The van der Waals surface area contributed by atoms with Gasteiger partial charge in [0.1, 0.15) is 11.6 Å². The maximum absolute atomic E-state index is 13.0. The van der Waals surface area contributed by atoms with E-state index in [4.69, 9.17) is 4.74 Å². The lowest BCUT2D eigenvalue weighted by Crippen LogP contribution is -2.24. The van der Waals surface area contributed by atoms with E-state index in [1.165, 1.54) is 17.7 Å². The van der Waals surface area contributed by atoms with Crippen LogP contribution in [-0.4, -0.2) is 7.11 Å². The average molecular weight is 287 g/mol. The molecule has 0 amide bonds. The lowest BCUT2D eigenvalue weighted by molar-refractivity contribution is 0.413. The van der Waals surface area contributed by atoms with Crippen LogP contribution in [-0.2, 0) is 0 Å². The van der Waals surface area contributed by atoms with E-state index in [2.05, 4.69) is 31.3 Å². The van der Waals surface area contributed by atoms with Gasteiger partial charge < -0.3 is 10.1 Å². The molecule has 0 spiro atoms. The van der Waals surface area contributed by atoms with Gasteiger partial charge in [0.05, 0.1) is 7.11 Å².